The molecule has 0 aromatic heterocycles. The molecule has 406 valence electrons. The summed E-state index contributed by atoms with van der Waals surface area (Å²) in [4.78, 5) is 9.93. The number of hydrogen-bond acceptors (Lipinski definition) is 8. The molecule has 0 amide bonds. The zero-order valence-corrected chi connectivity index (χ0v) is 49.1. The normalized spacial score (nSPS) is 43.0. The van der Waals surface area contributed by atoms with Gasteiger partial charge >= 0.3 is 0 Å². The molecule has 4 bridgehead atoms. The van der Waals surface area contributed by atoms with Crippen LogP contribution in [0.3, 0.4) is 0 Å². The summed E-state index contributed by atoms with van der Waals surface area (Å²) in [7, 11) is 17.2. The van der Waals surface area contributed by atoms with Crippen molar-refractivity contribution in [2.45, 2.75) is 208 Å². The molecule has 0 radical (unpaired) electrons. The summed E-state index contributed by atoms with van der Waals surface area (Å²) in [6.45, 7) is 28.3. The molecule has 13 rings (SSSR count). The SMILES string of the molecule is CC1C2CN(C)CC12.CC1CC12CN(C)C2.CC1CC2CC1N(C)C2.CC1CC2CCC1N(C)C2.CNC1CCC[C@H](C)C1.CNCC1CC1C.CN[C@H]1CCC[C@@H](C)C1.CN[C@H]1CCC[C@H](C)C1. The summed E-state index contributed by atoms with van der Waals surface area (Å²) < 4.78 is 0. The van der Waals surface area contributed by atoms with Crippen molar-refractivity contribution >= 4 is 0 Å². The fourth-order valence-corrected chi connectivity index (χ4v) is 15.6. The highest BCUT2D eigenvalue weighted by Gasteiger charge is 2.57. The Hall–Kier alpha value is -0.320. The van der Waals surface area contributed by atoms with Gasteiger partial charge in [-0.15, -0.1) is 0 Å². The first-order valence-electron chi connectivity index (χ1n) is 30.3. The van der Waals surface area contributed by atoms with Gasteiger partial charge in [-0.1, -0.05) is 93.9 Å². The Morgan fingerprint density at radius 1 is 0.449 bits per heavy atom. The van der Waals surface area contributed by atoms with E-state index in [1.54, 1.807) is 0 Å². The quantitative estimate of drug-likeness (QED) is 0.217. The number of rotatable bonds is 5. The molecule has 17 atom stereocenters. The van der Waals surface area contributed by atoms with Crippen molar-refractivity contribution in [2.24, 2.45) is 82.3 Å². The summed E-state index contributed by atoms with van der Waals surface area (Å²) in [6, 6.07) is 4.30. The van der Waals surface area contributed by atoms with E-state index in [1.807, 2.05) is 7.05 Å². The lowest BCUT2D eigenvalue weighted by atomic mass is 9.74. The van der Waals surface area contributed by atoms with Gasteiger partial charge in [-0.3, -0.25) is 0 Å². The number of likely N-dealkylation sites (tertiary alicyclic amines) is 3. The van der Waals surface area contributed by atoms with E-state index in [9.17, 15) is 0 Å². The second kappa shape index (κ2) is 29.1. The van der Waals surface area contributed by atoms with Gasteiger partial charge in [0.1, 0.15) is 0 Å². The molecule has 5 aliphatic heterocycles. The van der Waals surface area contributed by atoms with Gasteiger partial charge in [0.05, 0.1) is 0 Å². The molecule has 8 heteroatoms. The molecule has 12 unspecified atom stereocenters. The number of nitrogens with one attached hydrogen (secondary N) is 4. The molecule has 8 saturated carbocycles. The fourth-order valence-electron chi connectivity index (χ4n) is 15.6. The van der Waals surface area contributed by atoms with Gasteiger partial charge < -0.3 is 40.9 Å². The topological polar surface area (TPSA) is 61.1 Å². The van der Waals surface area contributed by atoms with Crippen LogP contribution >= 0.6 is 0 Å². The monoisotopic (exact) mass is 967 g/mol. The molecule has 8 aliphatic carbocycles. The molecule has 1 spiro atoms. The predicted octanol–water partition coefficient (Wildman–Crippen LogP) is 11.1. The van der Waals surface area contributed by atoms with Gasteiger partial charge in [0, 0.05) is 69.5 Å². The molecule has 13 aliphatic rings. The Morgan fingerprint density at radius 2 is 0.884 bits per heavy atom. The summed E-state index contributed by atoms with van der Waals surface area (Å²) in [5, 5.41) is 13.2. The van der Waals surface area contributed by atoms with E-state index in [0.717, 1.165) is 113 Å². The molecule has 0 aromatic rings. The number of fused-ring (bicyclic) bond motifs is 6. The summed E-state index contributed by atoms with van der Waals surface area (Å²) >= 11 is 0. The van der Waals surface area contributed by atoms with Crippen LogP contribution in [0.5, 0.6) is 0 Å². The molecule has 5 heterocycles. The second-order valence-electron chi connectivity index (χ2n) is 27.3. The fraction of sp³-hybridized carbons (Fsp3) is 1.00. The van der Waals surface area contributed by atoms with Crippen molar-refractivity contribution in [1.82, 2.24) is 40.9 Å². The lowest BCUT2D eigenvalue weighted by molar-refractivity contribution is 0.0280. The highest BCUT2D eigenvalue weighted by atomic mass is 15.2. The molecule has 4 N–H and O–H groups in total. The van der Waals surface area contributed by atoms with Gasteiger partial charge in [-0.25, -0.2) is 0 Å². The van der Waals surface area contributed by atoms with Gasteiger partial charge in [0.15, 0.2) is 0 Å². The minimum Gasteiger partial charge on any atom is -0.319 e. The van der Waals surface area contributed by atoms with Gasteiger partial charge in [0.2, 0.25) is 0 Å². The Balaban J connectivity index is 0.000000147. The third kappa shape index (κ3) is 19.4. The largest absolute Gasteiger partial charge is 0.319 e. The van der Waals surface area contributed by atoms with Gasteiger partial charge in [0.25, 0.3) is 0 Å². The average Bonchev–Trinajstić information content (AvgIpc) is 4.16. The highest BCUT2D eigenvalue weighted by Crippen LogP contribution is 2.57. The van der Waals surface area contributed by atoms with Gasteiger partial charge in [-0.2, -0.15) is 0 Å². The molecule has 69 heavy (non-hydrogen) atoms. The Kier molecular flexibility index (Phi) is 25.1. The van der Waals surface area contributed by atoms with Crippen LogP contribution in [0.2, 0.25) is 0 Å². The van der Waals surface area contributed by atoms with Crippen LogP contribution in [0.4, 0.5) is 0 Å². The van der Waals surface area contributed by atoms with E-state index in [4.69, 9.17) is 0 Å². The molecule has 8 nitrogen and oxygen atoms in total. The standard InChI is InChI=1S/C9H17N.C8H15N.3C8H17N.2C7H13N.C6H13N/c1-7-5-8-3-4-9(7)10(2)6-8;1-6-3-7-4-8(6)9(2)5-7;3*1-7-4-3-5-8(6-7)9-2;1-6-3-7(6)4-8(2)5-7;1-5-6-3-8(2)4-7(5)6;1-5-3-6(5)4-7-2/h7-9H,3-6H2,1-2H3;6-8H,3-5H2,1-2H3;3*7-9H,3-6H2,1-2H3;6H,3-5H2,1-2H3;5-7H,3-4H2,1-2H3;5-7H,3-4H2,1-2H3/t;;7-,8?;7-,8+;7-,8-;;;/m..010.../s1. The van der Waals surface area contributed by atoms with E-state index < -0.39 is 0 Å². The molecule has 0 aromatic carbocycles. The number of piperidine rings is 4. The third-order valence-electron chi connectivity index (χ3n) is 20.7. The molecule has 5 saturated heterocycles. The highest BCUT2D eigenvalue weighted by molar-refractivity contribution is 5.09. The van der Waals surface area contributed by atoms with E-state index in [-0.39, 0.29) is 0 Å². The van der Waals surface area contributed by atoms with Crippen LogP contribution in [0.1, 0.15) is 177 Å². The lowest BCUT2D eigenvalue weighted by Gasteiger charge is -2.47. The Bertz CT molecular complexity index is 1300. The Morgan fingerprint density at radius 3 is 1.12 bits per heavy atom. The predicted molar refractivity (Wildman–Crippen MR) is 301 cm³/mol. The zero-order chi connectivity index (χ0) is 50.4. The smallest absolute Gasteiger partial charge is 0.0121 e. The first-order chi connectivity index (χ1) is 32.9. The maximum absolute atomic E-state index is 3.33. The molecular weight excluding hydrogens is 845 g/mol. The minimum atomic E-state index is 0.814. The van der Waals surface area contributed by atoms with Crippen LogP contribution in [0.25, 0.3) is 0 Å². The minimum absolute atomic E-state index is 0.814. The Labute approximate surface area is 431 Å². The maximum Gasteiger partial charge on any atom is 0.0121 e. The summed E-state index contributed by atoms with van der Waals surface area (Å²) in [5.74, 6) is 13.2. The second-order valence-corrected chi connectivity index (χ2v) is 27.3. The van der Waals surface area contributed by atoms with Crippen LogP contribution in [-0.4, -0.2) is 152 Å². The van der Waals surface area contributed by atoms with Gasteiger partial charge in [-0.05, 0) is 229 Å². The summed E-state index contributed by atoms with van der Waals surface area (Å²) in [6.07, 6.45) is 27.3. The number of hydrogen-bond donors (Lipinski definition) is 4. The van der Waals surface area contributed by atoms with Crippen molar-refractivity contribution in [3.05, 3.63) is 0 Å². The van der Waals surface area contributed by atoms with Crippen molar-refractivity contribution < 1.29 is 0 Å². The maximum atomic E-state index is 3.33. The van der Waals surface area contributed by atoms with E-state index in [2.05, 4.69) is 146 Å². The first-order valence-corrected chi connectivity index (χ1v) is 30.3. The lowest BCUT2D eigenvalue weighted by Crippen LogP contribution is -2.50. The van der Waals surface area contributed by atoms with Crippen LogP contribution < -0.4 is 21.3 Å². The van der Waals surface area contributed by atoms with E-state index >= 15 is 0 Å². The van der Waals surface area contributed by atoms with Crippen LogP contribution in [-0.2, 0) is 0 Å². The van der Waals surface area contributed by atoms with Crippen molar-refractivity contribution in [2.75, 3.05) is 102 Å². The van der Waals surface area contributed by atoms with Crippen molar-refractivity contribution in [1.29, 1.82) is 0 Å². The van der Waals surface area contributed by atoms with Crippen molar-refractivity contribution in [3.8, 4) is 0 Å². The average molecular weight is 968 g/mol. The third-order valence-corrected chi connectivity index (χ3v) is 20.7. The summed E-state index contributed by atoms with van der Waals surface area (Å²) in [5.41, 5.74) is 0.828. The first kappa shape index (κ1) is 59.6. The van der Waals surface area contributed by atoms with Crippen LogP contribution in [0.15, 0.2) is 0 Å². The number of nitrogens with zero attached hydrogens (tertiary/aromatic N) is 4. The van der Waals surface area contributed by atoms with Crippen molar-refractivity contribution in [3.63, 3.8) is 0 Å². The van der Waals surface area contributed by atoms with E-state index in [0.29, 0.717) is 0 Å². The van der Waals surface area contributed by atoms with Crippen LogP contribution in [0, 0.1) is 82.3 Å². The molecular formula is C61H122N8. The zero-order valence-electron chi connectivity index (χ0n) is 49.1. The molecule has 13 fully saturated rings. The van der Waals surface area contributed by atoms with E-state index in [1.165, 1.54) is 168 Å².